The Labute approximate surface area is 183 Å². The van der Waals surface area contributed by atoms with Crippen LogP contribution in [0, 0.1) is 6.92 Å². The molecule has 2 rings (SSSR count). The van der Waals surface area contributed by atoms with E-state index in [2.05, 4.69) is 5.32 Å². The molecule has 0 aromatic heterocycles. The van der Waals surface area contributed by atoms with E-state index in [-0.39, 0.29) is 11.6 Å². The lowest BCUT2D eigenvalue weighted by Gasteiger charge is -2.25. The molecular weight excluding hydrogens is 418 g/mol. The molecule has 9 heteroatoms. The van der Waals surface area contributed by atoms with Gasteiger partial charge < -0.3 is 15.0 Å². The number of rotatable bonds is 9. The minimum absolute atomic E-state index is 0.207. The lowest BCUT2D eigenvalue weighted by Crippen LogP contribution is -2.38. The average Bonchev–Trinajstić information content (AvgIpc) is 2.72. The number of hydrogen-bond donors (Lipinski definition) is 1. The molecule has 31 heavy (non-hydrogen) atoms. The van der Waals surface area contributed by atoms with E-state index in [0.717, 1.165) is 16.1 Å². The van der Waals surface area contributed by atoms with Crippen molar-refractivity contribution in [2.24, 2.45) is 0 Å². The van der Waals surface area contributed by atoms with Crippen molar-refractivity contribution < 1.29 is 22.7 Å². The van der Waals surface area contributed by atoms with Crippen LogP contribution in [0.5, 0.6) is 5.75 Å². The number of amides is 2. The van der Waals surface area contributed by atoms with Crippen LogP contribution in [0.3, 0.4) is 0 Å². The molecule has 0 aliphatic heterocycles. The molecule has 0 radical (unpaired) electrons. The molecule has 1 N–H and O–H groups in total. The van der Waals surface area contributed by atoms with Gasteiger partial charge in [-0.2, -0.15) is 0 Å². The van der Waals surface area contributed by atoms with Gasteiger partial charge in [0.1, 0.15) is 12.3 Å². The SMILES string of the molecule is CCN(CC)C(=O)c1ccccc1NC(=O)CN(c1cc(C)ccc1OC)S(C)(=O)=O. The van der Waals surface area contributed by atoms with E-state index in [4.69, 9.17) is 4.74 Å². The van der Waals surface area contributed by atoms with E-state index in [1.807, 2.05) is 20.8 Å². The fourth-order valence-corrected chi connectivity index (χ4v) is 4.01. The monoisotopic (exact) mass is 447 g/mol. The Morgan fingerprint density at radius 1 is 1.06 bits per heavy atom. The standard InChI is InChI=1S/C22H29N3O5S/c1-6-24(7-2)22(27)17-10-8-9-11-18(17)23-21(26)15-25(31(5,28)29)19-14-16(3)12-13-20(19)30-4/h8-14H,6-7,15H2,1-5H3,(H,23,26). The molecule has 0 fully saturated rings. The molecule has 0 saturated carbocycles. The van der Waals surface area contributed by atoms with Crippen molar-refractivity contribution in [3.05, 3.63) is 53.6 Å². The van der Waals surface area contributed by atoms with Crippen LogP contribution in [0.25, 0.3) is 0 Å². The van der Waals surface area contributed by atoms with Crippen LogP contribution in [-0.4, -0.2) is 58.1 Å². The van der Waals surface area contributed by atoms with Crippen molar-refractivity contribution in [3.63, 3.8) is 0 Å². The summed E-state index contributed by atoms with van der Waals surface area (Å²) in [6.45, 7) is 6.17. The number of carbonyl (C=O) groups is 2. The summed E-state index contributed by atoms with van der Waals surface area (Å²) in [6, 6.07) is 11.8. The van der Waals surface area contributed by atoms with Crippen LogP contribution in [0.1, 0.15) is 29.8 Å². The van der Waals surface area contributed by atoms with Gasteiger partial charge in [-0.1, -0.05) is 18.2 Å². The number of hydrogen-bond acceptors (Lipinski definition) is 5. The maximum Gasteiger partial charge on any atom is 0.255 e. The molecule has 0 aliphatic rings. The number of para-hydroxylation sites is 1. The first-order chi connectivity index (χ1) is 14.6. The van der Waals surface area contributed by atoms with Crippen LogP contribution in [-0.2, 0) is 14.8 Å². The van der Waals surface area contributed by atoms with Gasteiger partial charge in [0.2, 0.25) is 15.9 Å². The number of methoxy groups -OCH3 is 1. The number of benzene rings is 2. The summed E-state index contributed by atoms with van der Waals surface area (Å²) in [5.74, 6) is -0.448. The Hall–Kier alpha value is -3.07. The van der Waals surface area contributed by atoms with E-state index in [9.17, 15) is 18.0 Å². The van der Waals surface area contributed by atoms with Crippen molar-refractivity contribution in [2.45, 2.75) is 20.8 Å². The fraction of sp³-hybridized carbons (Fsp3) is 0.364. The van der Waals surface area contributed by atoms with Gasteiger partial charge in [-0.3, -0.25) is 13.9 Å². The van der Waals surface area contributed by atoms with Gasteiger partial charge in [0.05, 0.1) is 30.3 Å². The summed E-state index contributed by atoms with van der Waals surface area (Å²) < 4.78 is 31.2. The zero-order valence-corrected chi connectivity index (χ0v) is 19.3. The third kappa shape index (κ3) is 5.97. The number of aryl methyl sites for hydroxylation is 1. The first-order valence-electron chi connectivity index (χ1n) is 9.92. The van der Waals surface area contributed by atoms with E-state index in [1.54, 1.807) is 47.4 Å². The quantitative estimate of drug-likeness (QED) is 0.638. The van der Waals surface area contributed by atoms with Gasteiger partial charge in [-0.05, 0) is 50.6 Å². The van der Waals surface area contributed by atoms with Gasteiger partial charge in [-0.25, -0.2) is 8.42 Å². The number of nitrogens with one attached hydrogen (secondary N) is 1. The van der Waals surface area contributed by atoms with Crippen LogP contribution in [0.15, 0.2) is 42.5 Å². The molecular formula is C22H29N3O5S. The predicted molar refractivity (Wildman–Crippen MR) is 122 cm³/mol. The summed E-state index contributed by atoms with van der Waals surface area (Å²) in [5.41, 5.74) is 1.76. The second kappa shape index (κ2) is 10.3. The van der Waals surface area contributed by atoms with Crippen molar-refractivity contribution in [1.29, 1.82) is 0 Å². The molecule has 0 aliphatic carbocycles. The van der Waals surface area contributed by atoms with Gasteiger partial charge in [0, 0.05) is 13.1 Å². The van der Waals surface area contributed by atoms with Crippen LogP contribution < -0.4 is 14.4 Å². The minimum atomic E-state index is -3.79. The summed E-state index contributed by atoms with van der Waals surface area (Å²) in [4.78, 5) is 27.3. The molecule has 2 aromatic rings. The lowest BCUT2D eigenvalue weighted by molar-refractivity contribution is -0.114. The third-order valence-corrected chi connectivity index (χ3v) is 5.90. The highest BCUT2D eigenvalue weighted by atomic mass is 32.2. The van der Waals surface area contributed by atoms with Crippen LogP contribution in [0.2, 0.25) is 0 Å². The zero-order chi connectivity index (χ0) is 23.2. The van der Waals surface area contributed by atoms with Gasteiger partial charge in [0.15, 0.2) is 0 Å². The van der Waals surface area contributed by atoms with Crippen molar-refractivity contribution in [3.8, 4) is 5.75 Å². The summed E-state index contributed by atoms with van der Waals surface area (Å²) in [5, 5.41) is 2.69. The normalized spacial score (nSPS) is 11.0. The maximum atomic E-state index is 12.8. The number of carbonyl (C=O) groups excluding carboxylic acids is 2. The highest BCUT2D eigenvalue weighted by Gasteiger charge is 2.25. The molecule has 2 amide bonds. The Bertz CT molecular complexity index is 1050. The fourth-order valence-electron chi connectivity index (χ4n) is 3.16. The summed E-state index contributed by atoms with van der Waals surface area (Å²) >= 11 is 0. The van der Waals surface area contributed by atoms with Crippen LogP contribution >= 0.6 is 0 Å². The first kappa shape index (κ1) is 24.2. The number of sulfonamides is 1. The summed E-state index contributed by atoms with van der Waals surface area (Å²) in [6.07, 6.45) is 1.03. The van der Waals surface area contributed by atoms with Crippen molar-refractivity contribution >= 4 is 33.2 Å². The van der Waals surface area contributed by atoms with E-state index in [1.165, 1.54) is 7.11 Å². The first-order valence-corrected chi connectivity index (χ1v) is 11.8. The summed E-state index contributed by atoms with van der Waals surface area (Å²) in [7, 11) is -2.35. The van der Waals surface area contributed by atoms with Crippen LogP contribution in [0.4, 0.5) is 11.4 Å². The Morgan fingerprint density at radius 3 is 2.29 bits per heavy atom. The van der Waals surface area contributed by atoms with E-state index >= 15 is 0 Å². The van der Waals surface area contributed by atoms with Gasteiger partial charge in [-0.15, -0.1) is 0 Å². The molecule has 0 atom stereocenters. The molecule has 0 saturated heterocycles. The molecule has 0 spiro atoms. The highest BCUT2D eigenvalue weighted by Crippen LogP contribution is 2.31. The number of nitrogens with zero attached hydrogens (tertiary/aromatic N) is 2. The number of anilines is 2. The van der Waals surface area contributed by atoms with Gasteiger partial charge >= 0.3 is 0 Å². The highest BCUT2D eigenvalue weighted by molar-refractivity contribution is 7.92. The van der Waals surface area contributed by atoms with Crippen molar-refractivity contribution in [1.82, 2.24) is 4.90 Å². The average molecular weight is 448 g/mol. The molecule has 2 aromatic carbocycles. The topological polar surface area (TPSA) is 96.0 Å². The molecule has 8 nitrogen and oxygen atoms in total. The molecule has 0 bridgehead atoms. The largest absolute Gasteiger partial charge is 0.495 e. The lowest BCUT2D eigenvalue weighted by atomic mass is 10.1. The minimum Gasteiger partial charge on any atom is -0.495 e. The molecule has 0 unspecified atom stereocenters. The number of ether oxygens (including phenoxy) is 1. The molecule has 0 heterocycles. The smallest absolute Gasteiger partial charge is 0.255 e. The second-order valence-corrected chi connectivity index (χ2v) is 8.92. The van der Waals surface area contributed by atoms with E-state index < -0.39 is 22.5 Å². The zero-order valence-electron chi connectivity index (χ0n) is 18.5. The second-order valence-electron chi connectivity index (χ2n) is 7.02. The Balaban J connectivity index is 2.34. The Kier molecular flexibility index (Phi) is 8.04. The molecule has 168 valence electrons. The van der Waals surface area contributed by atoms with Crippen molar-refractivity contribution in [2.75, 3.05) is 42.6 Å². The Morgan fingerprint density at radius 2 is 1.71 bits per heavy atom. The van der Waals surface area contributed by atoms with E-state index in [0.29, 0.717) is 30.1 Å². The van der Waals surface area contributed by atoms with Gasteiger partial charge in [0.25, 0.3) is 5.91 Å². The maximum absolute atomic E-state index is 12.8. The predicted octanol–water partition coefficient (Wildman–Crippen LogP) is 2.89. The third-order valence-electron chi connectivity index (χ3n) is 4.77.